The number of ether oxygens (including phenoxy) is 1. The quantitative estimate of drug-likeness (QED) is 0.813. The maximum absolute atomic E-state index is 12.7. The van der Waals surface area contributed by atoms with Gasteiger partial charge in [-0.1, -0.05) is 12.1 Å². The molecule has 2 N–H and O–H groups in total. The van der Waals surface area contributed by atoms with E-state index in [1.54, 1.807) is 19.2 Å². The van der Waals surface area contributed by atoms with Gasteiger partial charge in [0.25, 0.3) is 0 Å². The highest BCUT2D eigenvalue weighted by Gasteiger charge is 2.44. The van der Waals surface area contributed by atoms with E-state index in [0.29, 0.717) is 38.1 Å². The molecule has 140 valence electrons. The number of aromatic nitrogens is 1. The molecule has 0 unspecified atom stereocenters. The fourth-order valence-corrected chi connectivity index (χ4v) is 3.64. The van der Waals surface area contributed by atoms with Crippen molar-refractivity contribution >= 4 is 29.1 Å². The van der Waals surface area contributed by atoms with Gasteiger partial charge in [0.2, 0.25) is 5.91 Å². The molecular weight excluding hydrogens is 344 g/mol. The first-order chi connectivity index (χ1) is 13.1. The molecule has 1 aromatic heterocycles. The van der Waals surface area contributed by atoms with E-state index >= 15 is 0 Å². The molecule has 0 bridgehead atoms. The van der Waals surface area contributed by atoms with Crippen LogP contribution in [-0.2, 0) is 9.53 Å². The van der Waals surface area contributed by atoms with E-state index < -0.39 is 5.54 Å². The van der Waals surface area contributed by atoms with E-state index in [9.17, 15) is 9.59 Å². The van der Waals surface area contributed by atoms with E-state index in [1.807, 2.05) is 30.3 Å². The summed E-state index contributed by atoms with van der Waals surface area (Å²) in [5, 5.41) is 6.47. The number of benzene rings is 1. The molecule has 0 aliphatic carbocycles. The number of esters is 1. The standard InChI is InChI=1S/C20H22N4O3/c1-2-27-18(25)14-7-8-17(21-13-14)24-11-9-20(10-12-24)19(26)22-15-5-3-4-6-16(15)23-20/h3-8,13,23H,2,9-12H2,1H3,(H,22,26). The van der Waals surface area contributed by atoms with Gasteiger partial charge in [-0.05, 0) is 44.0 Å². The van der Waals surface area contributed by atoms with E-state index in [-0.39, 0.29) is 11.9 Å². The molecule has 7 nitrogen and oxygen atoms in total. The van der Waals surface area contributed by atoms with Gasteiger partial charge in [0.15, 0.2) is 0 Å². The predicted molar refractivity (Wildman–Crippen MR) is 103 cm³/mol. The summed E-state index contributed by atoms with van der Waals surface area (Å²) in [6, 6.07) is 11.3. The molecule has 2 aliphatic heterocycles. The maximum Gasteiger partial charge on any atom is 0.339 e. The third-order valence-electron chi connectivity index (χ3n) is 5.18. The van der Waals surface area contributed by atoms with Crippen LogP contribution in [0.15, 0.2) is 42.6 Å². The van der Waals surface area contributed by atoms with Crippen molar-refractivity contribution in [3.63, 3.8) is 0 Å². The number of nitrogens with zero attached hydrogens (tertiary/aromatic N) is 2. The molecule has 1 amide bonds. The summed E-state index contributed by atoms with van der Waals surface area (Å²) in [5.74, 6) is 0.455. The van der Waals surface area contributed by atoms with E-state index in [4.69, 9.17) is 4.74 Å². The summed E-state index contributed by atoms with van der Waals surface area (Å²) in [5.41, 5.74) is 1.64. The molecule has 2 aromatic rings. The van der Waals surface area contributed by atoms with Crippen LogP contribution < -0.4 is 15.5 Å². The molecule has 2 aliphatic rings. The van der Waals surface area contributed by atoms with Gasteiger partial charge in [-0.3, -0.25) is 4.79 Å². The zero-order valence-electron chi connectivity index (χ0n) is 15.2. The molecule has 1 fully saturated rings. The number of hydrogen-bond acceptors (Lipinski definition) is 6. The van der Waals surface area contributed by atoms with Gasteiger partial charge in [0.05, 0.1) is 23.5 Å². The Morgan fingerprint density at radius 2 is 1.93 bits per heavy atom. The Morgan fingerprint density at radius 3 is 2.59 bits per heavy atom. The number of rotatable bonds is 3. The number of anilines is 3. The molecule has 7 heteroatoms. The maximum atomic E-state index is 12.7. The average molecular weight is 366 g/mol. The Balaban J connectivity index is 1.45. The number of pyridine rings is 1. The molecule has 1 spiro atoms. The Bertz CT molecular complexity index is 858. The zero-order chi connectivity index (χ0) is 18.9. The topological polar surface area (TPSA) is 83.6 Å². The van der Waals surface area contributed by atoms with Crippen LogP contribution in [-0.4, -0.2) is 42.1 Å². The Kier molecular flexibility index (Phi) is 4.43. The minimum Gasteiger partial charge on any atom is -0.462 e. The molecule has 3 heterocycles. The van der Waals surface area contributed by atoms with Crippen LogP contribution in [0.25, 0.3) is 0 Å². The molecule has 1 aromatic carbocycles. The second kappa shape index (κ2) is 6.90. The monoisotopic (exact) mass is 366 g/mol. The molecule has 4 rings (SSSR count). The van der Waals surface area contributed by atoms with Gasteiger partial charge in [0, 0.05) is 19.3 Å². The van der Waals surface area contributed by atoms with Gasteiger partial charge >= 0.3 is 5.97 Å². The fraction of sp³-hybridized carbons (Fsp3) is 0.350. The van der Waals surface area contributed by atoms with Gasteiger partial charge in [-0.25, -0.2) is 9.78 Å². The van der Waals surface area contributed by atoms with Crippen molar-refractivity contribution < 1.29 is 14.3 Å². The first kappa shape index (κ1) is 17.3. The summed E-state index contributed by atoms with van der Waals surface area (Å²) in [6.45, 7) is 3.52. The summed E-state index contributed by atoms with van der Waals surface area (Å²) < 4.78 is 4.98. The highest BCUT2D eigenvalue weighted by molar-refractivity contribution is 6.06. The van der Waals surface area contributed by atoms with Crippen molar-refractivity contribution in [1.82, 2.24) is 4.98 Å². The zero-order valence-corrected chi connectivity index (χ0v) is 15.2. The number of hydrogen-bond donors (Lipinski definition) is 2. The van der Waals surface area contributed by atoms with Gasteiger partial charge in [-0.2, -0.15) is 0 Å². The van der Waals surface area contributed by atoms with Crippen molar-refractivity contribution in [3.8, 4) is 0 Å². The van der Waals surface area contributed by atoms with Crippen LogP contribution in [0.2, 0.25) is 0 Å². The van der Waals surface area contributed by atoms with Crippen LogP contribution in [0.1, 0.15) is 30.1 Å². The van der Waals surface area contributed by atoms with Crippen LogP contribution in [0.3, 0.4) is 0 Å². The molecular formula is C20H22N4O3. The van der Waals surface area contributed by atoms with Crippen LogP contribution in [0.5, 0.6) is 0 Å². The molecule has 27 heavy (non-hydrogen) atoms. The Morgan fingerprint density at radius 1 is 1.19 bits per heavy atom. The second-order valence-corrected chi connectivity index (χ2v) is 6.82. The molecule has 0 saturated carbocycles. The summed E-state index contributed by atoms with van der Waals surface area (Å²) >= 11 is 0. The van der Waals surface area contributed by atoms with Crippen molar-refractivity contribution in [2.45, 2.75) is 25.3 Å². The number of fused-ring (bicyclic) bond motifs is 1. The third-order valence-corrected chi connectivity index (χ3v) is 5.18. The lowest BCUT2D eigenvalue weighted by Gasteiger charge is -2.44. The lowest BCUT2D eigenvalue weighted by atomic mass is 9.84. The van der Waals surface area contributed by atoms with Crippen molar-refractivity contribution in [2.75, 3.05) is 35.2 Å². The van der Waals surface area contributed by atoms with Crippen molar-refractivity contribution in [1.29, 1.82) is 0 Å². The van der Waals surface area contributed by atoms with Gasteiger partial charge < -0.3 is 20.3 Å². The van der Waals surface area contributed by atoms with E-state index in [1.165, 1.54) is 0 Å². The summed E-state index contributed by atoms with van der Waals surface area (Å²) in [6.07, 6.45) is 2.89. The van der Waals surface area contributed by atoms with Crippen molar-refractivity contribution in [3.05, 3.63) is 48.2 Å². The highest BCUT2D eigenvalue weighted by Crippen LogP contribution is 2.36. The number of nitrogens with one attached hydrogen (secondary N) is 2. The number of piperidine rings is 1. The van der Waals surface area contributed by atoms with Gasteiger partial charge in [-0.15, -0.1) is 0 Å². The Labute approximate surface area is 157 Å². The average Bonchev–Trinajstić information content (AvgIpc) is 2.70. The van der Waals surface area contributed by atoms with E-state index in [2.05, 4.69) is 20.5 Å². The van der Waals surface area contributed by atoms with E-state index in [0.717, 1.165) is 17.2 Å². The predicted octanol–water partition coefficient (Wildman–Crippen LogP) is 2.66. The SMILES string of the molecule is CCOC(=O)c1ccc(N2CCC3(CC2)Nc2ccccc2NC3=O)nc1. The second-order valence-electron chi connectivity index (χ2n) is 6.82. The van der Waals surface area contributed by atoms with Crippen molar-refractivity contribution in [2.24, 2.45) is 0 Å². The summed E-state index contributed by atoms with van der Waals surface area (Å²) in [4.78, 5) is 31.0. The highest BCUT2D eigenvalue weighted by atomic mass is 16.5. The first-order valence-electron chi connectivity index (χ1n) is 9.18. The minimum absolute atomic E-state index is 0.0199. The summed E-state index contributed by atoms with van der Waals surface area (Å²) in [7, 11) is 0. The fourth-order valence-electron chi connectivity index (χ4n) is 3.64. The third kappa shape index (κ3) is 3.20. The number of para-hydroxylation sites is 2. The minimum atomic E-state index is -0.588. The molecule has 0 radical (unpaired) electrons. The molecule has 1 saturated heterocycles. The van der Waals surface area contributed by atoms with Gasteiger partial charge in [0.1, 0.15) is 11.4 Å². The number of amides is 1. The number of carbonyl (C=O) groups is 2. The number of carbonyl (C=O) groups excluding carboxylic acids is 2. The normalized spacial score (nSPS) is 17.7. The lowest BCUT2D eigenvalue weighted by Crippen LogP contribution is -2.58. The lowest BCUT2D eigenvalue weighted by molar-refractivity contribution is -0.121. The molecule has 0 atom stereocenters. The first-order valence-corrected chi connectivity index (χ1v) is 9.18. The Hall–Kier alpha value is -3.09. The van der Waals surface area contributed by atoms with Crippen LogP contribution in [0, 0.1) is 0 Å². The largest absolute Gasteiger partial charge is 0.462 e. The van der Waals surface area contributed by atoms with Crippen LogP contribution in [0.4, 0.5) is 17.2 Å². The van der Waals surface area contributed by atoms with Crippen LogP contribution >= 0.6 is 0 Å². The smallest absolute Gasteiger partial charge is 0.339 e.